The summed E-state index contributed by atoms with van der Waals surface area (Å²) in [6.45, 7) is 1.03. The van der Waals surface area contributed by atoms with Gasteiger partial charge in [0.2, 0.25) is 0 Å². The van der Waals surface area contributed by atoms with Crippen LogP contribution in [0.1, 0.15) is 30.4 Å². The minimum absolute atomic E-state index is 0.223. The second-order valence-electron chi connectivity index (χ2n) is 7.52. The van der Waals surface area contributed by atoms with E-state index in [9.17, 15) is 13.2 Å². The van der Waals surface area contributed by atoms with Crippen LogP contribution in [-0.4, -0.2) is 31.2 Å². The maximum atomic E-state index is 13.0. The number of ether oxygens (including phenoxy) is 1. The summed E-state index contributed by atoms with van der Waals surface area (Å²) >= 11 is 1.19. The molecule has 8 nitrogen and oxygen atoms in total. The van der Waals surface area contributed by atoms with E-state index in [1.165, 1.54) is 35.9 Å². The lowest BCUT2D eigenvalue weighted by molar-refractivity contribution is -0.198. The SMILES string of the molecule is NCc1cccc(-c2ccc(S(=O)(=O)n3ccc(C=CC(=O)NOC4CCCCO4)c3)s2)c1. The summed E-state index contributed by atoms with van der Waals surface area (Å²) in [5, 5.41) is 0. The van der Waals surface area contributed by atoms with Crippen molar-refractivity contribution in [1.29, 1.82) is 0 Å². The van der Waals surface area contributed by atoms with Gasteiger partial charge in [-0.15, -0.1) is 11.3 Å². The quantitative estimate of drug-likeness (QED) is 0.371. The molecule has 0 aliphatic carbocycles. The lowest BCUT2D eigenvalue weighted by atomic mass is 10.1. The zero-order chi connectivity index (χ0) is 23.3. The van der Waals surface area contributed by atoms with Crippen molar-refractivity contribution in [1.82, 2.24) is 9.45 Å². The minimum atomic E-state index is -3.75. The van der Waals surface area contributed by atoms with E-state index in [-0.39, 0.29) is 4.21 Å². The van der Waals surface area contributed by atoms with Gasteiger partial charge in [-0.05, 0) is 59.9 Å². The number of rotatable bonds is 8. The molecule has 1 aromatic carbocycles. The zero-order valence-corrected chi connectivity index (χ0v) is 19.5. The predicted molar refractivity (Wildman–Crippen MR) is 127 cm³/mol. The monoisotopic (exact) mass is 487 g/mol. The summed E-state index contributed by atoms with van der Waals surface area (Å²) in [6, 6.07) is 12.7. The number of benzene rings is 1. The van der Waals surface area contributed by atoms with Crippen LogP contribution in [-0.2, 0) is 30.9 Å². The Hall–Kier alpha value is -2.76. The fourth-order valence-electron chi connectivity index (χ4n) is 3.34. The molecule has 1 saturated heterocycles. The third-order valence-electron chi connectivity index (χ3n) is 5.11. The Morgan fingerprint density at radius 1 is 1.27 bits per heavy atom. The molecular weight excluding hydrogens is 462 g/mol. The van der Waals surface area contributed by atoms with Gasteiger partial charge in [-0.2, -0.15) is 8.42 Å². The van der Waals surface area contributed by atoms with Gasteiger partial charge in [0.25, 0.3) is 15.9 Å². The van der Waals surface area contributed by atoms with Gasteiger partial charge in [-0.3, -0.25) is 4.79 Å². The first-order valence-corrected chi connectivity index (χ1v) is 12.8. The molecule has 3 N–H and O–H groups in total. The molecule has 1 amide bonds. The van der Waals surface area contributed by atoms with E-state index >= 15 is 0 Å². The molecule has 0 saturated carbocycles. The number of nitrogens with two attached hydrogens (primary N) is 1. The first-order valence-electron chi connectivity index (χ1n) is 10.5. The van der Waals surface area contributed by atoms with E-state index in [0.29, 0.717) is 18.7 Å². The fraction of sp³-hybridized carbons (Fsp3) is 0.261. The lowest BCUT2D eigenvalue weighted by Gasteiger charge is -2.21. The molecule has 3 heterocycles. The number of aromatic nitrogens is 1. The average Bonchev–Trinajstić information content (AvgIpc) is 3.53. The van der Waals surface area contributed by atoms with Crippen molar-refractivity contribution in [2.45, 2.75) is 36.3 Å². The van der Waals surface area contributed by atoms with Gasteiger partial charge in [0.15, 0.2) is 6.29 Å². The summed E-state index contributed by atoms with van der Waals surface area (Å²) in [5.74, 6) is -0.456. The molecule has 174 valence electrons. The molecule has 33 heavy (non-hydrogen) atoms. The van der Waals surface area contributed by atoms with Crippen LogP contribution < -0.4 is 11.2 Å². The number of nitrogens with zero attached hydrogens (tertiary/aromatic N) is 1. The third kappa shape index (κ3) is 5.79. The zero-order valence-electron chi connectivity index (χ0n) is 17.8. The molecule has 0 radical (unpaired) electrons. The van der Waals surface area contributed by atoms with Gasteiger partial charge >= 0.3 is 0 Å². The van der Waals surface area contributed by atoms with Gasteiger partial charge in [-0.1, -0.05) is 18.2 Å². The summed E-state index contributed by atoms with van der Waals surface area (Å²) in [5.41, 5.74) is 10.5. The van der Waals surface area contributed by atoms with Crippen molar-refractivity contribution in [2.24, 2.45) is 5.73 Å². The van der Waals surface area contributed by atoms with E-state index in [4.69, 9.17) is 15.3 Å². The van der Waals surface area contributed by atoms with Crippen molar-refractivity contribution in [2.75, 3.05) is 6.61 Å². The molecule has 1 aliphatic heterocycles. The number of nitrogens with one attached hydrogen (secondary N) is 1. The van der Waals surface area contributed by atoms with Crippen LogP contribution in [0.4, 0.5) is 0 Å². The van der Waals surface area contributed by atoms with Crippen molar-refractivity contribution in [3.8, 4) is 10.4 Å². The van der Waals surface area contributed by atoms with E-state index in [1.807, 2.05) is 24.3 Å². The molecule has 3 aromatic rings. The van der Waals surface area contributed by atoms with E-state index in [0.717, 1.165) is 39.2 Å². The number of carbonyl (C=O) groups is 1. The van der Waals surface area contributed by atoms with Gasteiger partial charge in [0.1, 0.15) is 4.21 Å². The first kappa shape index (κ1) is 23.4. The van der Waals surface area contributed by atoms with Crippen molar-refractivity contribution in [3.05, 3.63) is 72.1 Å². The van der Waals surface area contributed by atoms with Crippen LogP contribution in [0, 0.1) is 0 Å². The molecule has 0 spiro atoms. The smallest absolute Gasteiger partial charge is 0.277 e. The maximum Gasteiger partial charge on any atom is 0.277 e. The summed E-state index contributed by atoms with van der Waals surface area (Å²) in [6.07, 6.45) is 7.98. The molecule has 1 atom stereocenters. The normalized spacial score (nSPS) is 16.8. The average molecular weight is 488 g/mol. The lowest BCUT2D eigenvalue weighted by Crippen LogP contribution is -2.32. The molecule has 10 heteroatoms. The molecule has 1 fully saturated rings. The van der Waals surface area contributed by atoms with Gasteiger partial charge in [0.05, 0.1) is 0 Å². The van der Waals surface area contributed by atoms with Crippen molar-refractivity contribution >= 4 is 33.3 Å². The largest absolute Gasteiger partial charge is 0.350 e. The second kappa shape index (κ2) is 10.4. The first-order chi connectivity index (χ1) is 16.0. The van der Waals surface area contributed by atoms with E-state index in [1.54, 1.807) is 18.2 Å². The minimum Gasteiger partial charge on any atom is -0.350 e. The number of hydroxylamine groups is 1. The van der Waals surface area contributed by atoms with Crippen LogP contribution in [0.5, 0.6) is 0 Å². The van der Waals surface area contributed by atoms with Gasteiger partial charge in [-0.25, -0.2) is 14.3 Å². The topological polar surface area (TPSA) is 113 Å². The maximum absolute atomic E-state index is 13.0. The van der Waals surface area contributed by atoms with Crippen LogP contribution in [0.25, 0.3) is 16.5 Å². The Labute approximate surface area is 196 Å². The molecule has 1 aliphatic rings. The highest BCUT2D eigenvalue weighted by molar-refractivity contribution is 7.92. The molecular formula is C23H25N3O5S2. The van der Waals surface area contributed by atoms with E-state index in [2.05, 4.69) is 5.48 Å². The Kier molecular flexibility index (Phi) is 7.41. The van der Waals surface area contributed by atoms with Gasteiger partial charge in [0, 0.05) is 42.9 Å². The Morgan fingerprint density at radius 3 is 2.94 bits per heavy atom. The number of thiophene rings is 1. The number of amides is 1. The van der Waals surface area contributed by atoms with Crippen molar-refractivity contribution in [3.63, 3.8) is 0 Å². The highest BCUT2D eigenvalue weighted by Gasteiger charge is 2.20. The standard InChI is InChI=1S/C23H25N3O5S2/c24-15-18-4-3-5-19(14-18)20-8-10-23(32-20)33(28,29)26-12-11-17(16-26)7-9-21(27)25-31-22-6-1-2-13-30-22/h3-5,7-12,14,16,22H,1-2,6,13,15,24H2,(H,25,27). The number of carbonyl (C=O) groups excluding carboxylic acids is 1. The van der Waals surface area contributed by atoms with Crippen molar-refractivity contribution < 1.29 is 22.8 Å². The van der Waals surface area contributed by atoms with Crippen LogP contribution in [0.2, 0.25) is 0 Å². The highest BCUT2D eigenvalue weighted by atomic mass is 32.2. The van der Waals surface area contributed by atoms with E-state index < -0.39 is 22.2 Å². The van der Waals surface area contributed by atoms with Crippen LogP contribution >= 0.6 is 11.3 Å². The van der Waals surface area contributed by atoms with Crippen LogP contribution in [0.15, 0.2) is 65.1 Å². The fourth-order valence-corrected chi connectivity index (χ4v) is 5.96. The predicted octanol–water partition coefficient (Wildman–Crippen LogP) is 3.50. The highest BCUT2D eigenvalue weighted by Crippen LogP contribution is 2.32. The Balaban J connectivity index is 1.41. The Morgan fingerprint density at radius 2 is 2.15 bits per heavy atom. The molecule has 0 bridgehead atoms. The molecule has 4 rings (SSSR count). The Bertz CT molecular complexity index is 1240. The third-order valence-corrected chi connectivity index (χ3v) is 8.34. The molecule has 2 aromatic heterocycles. The summed E-state index contributed by atoms with van der Waals surface area (Å²) in [4.78, 5) is 18.0. The summed E-state index contributed by atoms with van der Waals surface area (Å²) < 4.78 is 32.8. The van der Waals surface area contributed by atoms with Gasteiger partial charge < -0.3 is 10.5 Å². The number of hydrogen-bond acceptors (Lipinski definition) is 7. The van der Waals surface area contributed by atoms with Crippen LogP contribution in [0.3, 0.4) is 0 Å². The summed E-state index contributed by atoms with van der Waals surface area (Å²) in [7, 11) is -3.75. The second-order valence-corrected chi connectivity index (χ2v) is 10.7. The molecule has 1 unspecified atom stereocenters. The number of hydrogen-bond donors (Lipinski definition) is 2.